The van der Waals surface area contributed by atoms with Crippen LogP contribution < -0.4 is 9.46 Å². The van der Waals surface area contributed by atoms with Crippen molar-refractivity contribution in [3.8, 4) is 5.88 Å². The van der Waals surface area contributed by atoms with Gasteiger partial charge in [0.15, 0.2) is 0 Å². The summed E-state index contributed by atoms with van der Waals surface area (Å²) < 4.78 is 31.5. The monoisotopic (exact) mass is 328 g/mol. The summed E-state index contributed by atoms with van der Waals surface area (Å²) in [5.41, 5.74) is 0.631. The van der Waals surface area contributed by atoms with E-state index in [0.29, 0.717) is 11.4 Å². The van der Waals surface area contributed by atoms with Gasteiger partial charge in [-0.05, 0) is 17.0 Å². The van der Waals surface area contributed by atoms with Gasteiger partial charge >= 0.3 is 5.97 Å². The van der Waals surface area contributed by atoms with E-state index in [0.717, 1.165) is 11.3 Å². The summed E-state index contributed by atoms with van der Waals surface area (Å²) in [5, 5.41) is 10.4. The lowest BCUT2D eigenvalue weighted by Gasteiger charge is -2.06. The van der Waals surface area contributed by atoms with E-state index in [1.807, 2.05) is 0 Å². The number of nitrogens with zero attached hydrogens (tertiary/aromatic N) is 1. The molecule has 0 spiro atoms. The summed E-state index contributed by atoms with van der Waals surface area (Å²) in [7, 11) is -2.41. The number of hydrogen-bond acceptors (Lipinski definition) is 6. The highest BCUT2D eigenvalue weighted by Crippen LogP contribution is 2.22. The molecule has 0 amide bonds. The fourth-order valence-electron chi connectivity index (χ4n) is 1.56. The molecule has 2 heterocycles. The number of nitrogens with one attached hydrogen (secondary N) is 1. The molecular weight excluding hydrogens is 316 g/mol. The van der Waals surface area contributed by atoms with Crippen LogP contribution in [-0.4, -0.2) is 31.6 Å². The number of aromatic nitrogens is 1. The van der Waals surface area contributed by atoms with Crippen molar-refractivity contribution >= 4 is 27.3 Å². The smallest absolute Gasteiger partial charge is 0.347 e. The molecule has 7 nitrogen and oxygen atoms in total. The van der Waals surface area contributed by atoms with Gasteiger partial charge in [0.25, 0.3) is 0 Å². The SMILES string of the molecule is COc1ccc(CNS(=O)(=O)c2ccsc2C(=O)O)cn1. The third-order valence-corrected chi connectivity index (χ3v) is 5.06. The Labute approximate surface area is 125 Å². The van der Waals surface area contributed by atoms with E-state index in [-0.39, 0.29) is 16.3 Å². The van der Waals surface area contributed by atoms with Crippen LogP contribution >= 0.6 is 11.3 Å². The molecule has 2 aromatic heterocycles. The summed E-state index contributed by atoms with van der Waals surface area (Å²) >= 11 is 0.864. The zero-order valence-electron chi connectivity index (χ0n) is 10.9. The van der Waals surface area contributed by atoms with E-state index in [9.17, 15) is 13.2 Å². The van der Waals surface area contributed by atoms with E-state index in [1.54, 1.807) is 12.1 Å². The predicted molar refractivity (Wildman–Crippen MR) is 76.1 cm³/mol. The molecule has 2 aromatic rings. The summed E-state index contributed by atoms with van der Waals surface area (Å²) in [4.78, 5) is 14.5. The van der Waals surface area contributed by atoms with Gasteiger partial charge in [0.2, 0.25) is 15.9 Å². The second-order valence-electron chi connectivity index (χ2n) is 3.95. The average molecular weight is 328 g/mol. The molecule has 0 fully saturated rings. The molecule has 0 aliphatic carbocycles. The van der Waals surface area contributed by atoms with E-state index >= 15 is 0 Å². The maximum absolute atomic E-state index is 12.1. The molecule has 0 aliphatic heterocycles. The van der Waals surface area contributed by atoms with Crippen LogP contribution in [0.3, 0.4) is 0 Å². The highest BCUT2D eigenvalue weighted by molar-refractivity contribution is 7.89. The van der Waals surface area contributed by atoms with Gasteiger partial charge in [-0.15, -0.1) is 11.3 Å². The zero-order chi connectivity index (χ0) is 15.5. The molecule has 9 heteroatoms. The number of carbonyl (C=O) groups is 1. The number of pyridine rings is 1. The second kappa shape index (κ2) is 6.20. The van der Waals surface area contributed by atoms with Gasteiger partial charge in [0.1, 0.15) is 9.77 Å². The Balaban J connectivity index is 2.14. The van der Waals surface area contributed by atoms with Crippen LogP contribution in [0.25, 0.3) is 0 Å². The van der Waals surface area contributed by atoms with E-state index in [2.05, 4.69) is 9.71 Å². The maximum atomic E-state index is 12.1. The topological polar surface area (TPSA) is 106 Å². The van der Waals surface area contributed by atoms with Crippen molar-refractivity contribution in [2.75, 3.05) is 7.11 Å². The minimum absolute atomic E-state index is 0.00817. The van der Waals surface area contributed by atoms with Crippen LogP contribution in [0.15, 0.2) is 34.7 Å². The summed E-state index contributed by atoms with van der Waals surface area (Å²) in [6.07, 6.45) is 1.48. The molecule has 21 heavy (non-hydrogen) atoms. The average Bonchev–Trinajstić information content (AvgIpc) is 2.96. The summed E-state index contributed by atoms with van der Waals surface area (Å²) in [5.74, 6) is -0.843. The Kier molecular flexibility index (Phi) is 4.56. The van der Waals surface area contributed by atoms with Crippen LogP contribution in [0.1, 0.15) is 15.2 Å². The Morgan fingerprint density at radius 3 is 2.76 bits per heavy atom. The third-order valence-electron chi connectivity index (χ3n) is 2.59. The lowest BCUT2D eigenvalue weighted by Crippen LogP contribution is -2.24. The molecule has 0 radical (unpaired) electrons. The number of thiophene rings is 1. The van der Waals surface area contributed by atoms with Crippen molar-refractivity contribution in [1.29, 1.82) is 0 Å². The van der Waals surface area contributed by atoms with Crippen LogP contribution in [0.2, 0.25) is 0 Å². The Hall–Kier alpha value is -1.97. The summed E-state index contributed by atoms with van der Waals surface area (Å²) in [6, 6.07) is 4.54. The van der Waals surface area contributed by atoms with E-state index in [4.69, 9.17) is 9.84 Å². The second-order valence-corrected chi connectivity index (χ2v) is 6.60. The largest absolute Gasteiger partial charge is 0.481 e. The van der Waals surface area contributed by atoms with Gasteiger partial charge in [0, 0.05) is 18.8 Å². The lowest BCUT2D eigenvalue weighted by molar-refractivity contribution is 0.0698. The van der Waals surface area contributed by atoms with Crippen LogP contribution in [0.5, 0.6) is 5.88 Å². The zero-order valence-corrected chi connectivity index (χ0v) is 12.6. The first kappa shape index (κ1) is 15.4. The number of aromatic carboxylic acids is 1. The van der Waals surface area contributed by atoms with Gasteiger partial charge < -0.3 is 9.84 Å². The molecular formula is C12H12N2O5S2. The van der Waals surface area contributed by atoms with Gasteiger partial charge in [-0.3, -0.25) is 0 Å². The quantitative estimate of drug-likeness (QED) is 0.828. The Bertz CT molecular complexity index is 737. The van der Waals surface area contributed by atoms with Gasteiger partial charge in [-0.25, -0.2) is 22.9 Å². The van der Waals surface area contributed by atoms with Crippen LogP contribution in [-0.2, 0) is 16.6 Å². The van der Waals surface area contributed by atoms with Crippen LogP contribution in [0, 0.1) is 0 Å². The number of carboxylic acids is 1. The molecule has 0 unspecified atom stereocenters. The first-order valence-electron chi connectivity index (χ1n) is 5.73. The first-order valence-corrected chi connectivity index (χ1v) is 8.09. The minimum atomic E-state index is -3.89. The van der Waals surface area contributed by atoms with Crippen molar-refractivity contribution in [1.82, 2.24) is 9.71 Å². The molecule has 2 N–H and O–H groups in total. The molecule has 112 valence electrons. The molecule has 0 aromatic carbocycles. The van der Waals surface area contributed by atoms with Gasteiger partial charge in [-0.1, -0.05) is 6.07 Å². The fourth-order valence-corrected chi connectivity index (χ4v) is 3.83. The Morgan fingerprint density at radius 1 is 1.43 bits per heavy atom. The molecule has 0 bridgehead atoms. The predicted octanol–water partition coefficient (Wildman–Crippen LogP) is 1.33. The van der Waals surface area contributed by atoms with Gasteiger partial charge in [0.05, 0.1) is 7.11 Å². The highest BCUT2D eigenvalue weighted by atomic mass is 32.2. The molecule has 0 atom stereocenters. The van der Waals surface area contributed by atoms with Crippen molar-refractivity contribution < 1.29 is 23.1 Å². The summed E-state index contributed by atoms with van der Waals surface area (Å²) in [6.45, 7) is 0.00817. The molecule has 0 saturated heterocycles. The molecule has 0 saturated carbocycles. The third kappa shape index (κ3) is 3.57. The molecule has 2 rings (SSSR count). The number of rotatable bonds is 6. The fraction of sp³-hybridized carbons (Fsp3) is 0.167. The van der Waals surface area contributed by atoms with Crippen molar-refractivity contribution in [3.63, 3.8) is 0 Å². The van der Waals surface area contributed by atoms with Crippen LogP contribution in [0.4, 0.5) is 0 Å². The van der Waals surface area contributed by atoms with E-state index < -0.39 is 16.0 Å². The standard InChI is InChI=1S/C12H12N2O5S2/c1-19-10-3-2-8(6-13-10)7-14-21(17,18)9-4-5-20-11(9)12(15)16/h2-6,14H,7H2,1H3,(H,15,16). The number of ether oxygens (including phenoxy) is 1. The highest BCUT2D eigenvalue weighted by Gasteiger charge is 2.23. The maximum Gasteiger partial charge on any atom is 0.347 e. The van der Waals surface area contributed by atoms with Crippen molar-refractivity contribution in [3.05, 3.63) is 40.2 Å². The number of carboxylic acid groups (broad SMARTS) is 1. The molecule has 0 aliphatic rings. The minimum Gasteiger partial charge on any atom is -0.481 e. The number of sulfonamides is 1. The van der Waals surface area contributed by atoms with E-state index in [1.165, 1.54) is 24.8 Å². The Morgan fingerprint density at radius 2 is 2.19 bits per heavy atom. The normalized spacial score (nSPS) is 11.3. The van der Waals surface area contributed by atoms with Gasteiger partial charge in [-0.2, -0.15) is 0 Å². The van der Waals surface area contributed by atoms with Crippen molar-refractivity contribution in [2.45, 2.75) is 11.4 Å². The first-order chi connectivity index (χ1) is 9.94. The number of methoxy groups -OCH3 is 1. The van der Waals surface area contributed by atoms with Crippen molar-refractivity contribution in [2.24, 2.45) is 0 Å². The number of hydrogen-bond donors (Lipinski definition) is 2. The lowest BCUT2D eigenvalue weighted by atomic mass is 10.3.